The fraction of sp³-hybridized carbons (Fsp3) is 0.182. The molecule has 0 fully saturated rings. The van der Waals surface area contributed by atoms with Gasteiger partial charge in [-0.2, -0.15) is 0 Å². The second-order valence-electron chi connectivity index (χ2n) is 9.69. The van der Waals surface area contributed by atoms with Gasteiger partial charge in [0, 0.05) is 16.7 Å². The Morgan fingerprint density at radius 1 is 0.810 bits per heavy atom. The lowest BCUT2D eigenvalue weighted by Crippen LogP contribution is -2.29. The van der Waals surface area contributed by atoms with Crippen molar-refractivity contribution in [1.82, 2.24) is 5.32 Å². The molecule has 0 spiro atoms. The van der Waals surface area contributed by atoms with Gasteiger partial charge in [0.25, 0.3) is 0 Å². The van der Waals surface area contributed by atoms with Crippen LogP contribution in [-0.4, -0.2) is 19.4 Å². The lowest BCUT2D eigenvalue weighted by molar-refractivity contribution is 0.0617. The van der Waals surface area contributed by atoms with E-state index in [0.717, 1.165) is 11.1 Å². The summed E-state index contributed by atoms with van der Waals surface area (Å²) >= 11 is 0. The Bertz CT molecular complexity index is 1770. The zero-order valence-electron chi connectivity index (χ0n) is 23.6. The van der Waals surface area contributed by atoms with Crippen LogP contribution in [0.5, 0.6) is 0 Å². The van der Waals surface area contributed by atoms with E-state index in [4.69, 9.17) is 23.4 Å². The molecule has 1 aliphatic heterocycles. The molecule has 1 aliphatic rings. The van der Waals surface area contributed by atoms with Crippen molar-refractivity contribution >= 4 is 23.3 Å². The summed E-state index contributed by atoms with van der Waals surface area (Å²) in [4.78, 5) is 38.9. The highest BCUT2D eigenvalue weighted by Gasteiger charge is 2.37. The minimum absolute atomic E-state index is 0.00661. The van der Waals surface area contributed by atoms with Gasteiger partial charge < -0.3 is 28.7 Å². The van der Waals surface area contributed by atoms with E-state index >= 15 is 0 Å². The zero-order valence-corrected chi connectivity index (χ0v) is 23.6. The molecule has 4 aromatic rings. The Kier molecular flexibility index (Phi) is 8.10. The first-order chi connectivity index (χ1) is 20.3. The SMILES string of the molecule is COC(=O)OC1=C(C)NC(C)=C(OC(=O)OCc2ccccc2)C1c1cccc2c(=O)c(C)c(-c3ccccc3)oc12. The van der Waals surface area contributed by atoms with E-state index in [1.807, 2.05) is 60.7 Å². The minimum Gasteiger partial charge on any atom is -0.455 e. The van der Waals surface area contributed by atoms with Crippen molar-refractivity contribution in [2.75, 3.05) is 7.11 Å². The van der Waals surface area contributed by atoms with Crippen LogP contribution in [-0.2, 0) is 25.6 Å². The summed E-state index contributed by atoms with van der Waals surface area (Å²) < 4.78 is 28.0. The van der Waals surface area contributed by atoms with Crippen LogP contribution in [0.2, 0.25) is 0 Å². The number of benzene rings is 3. The van der Waals surface area contributed by atoms with Crippen LogP contribution in [0.4, 0.5) is 9.59 Å². The molecule has 3 aromatic carbocycles. The molecule has 0 aliphatic carbocycles. The van der Waals surface area contributed by atoms with Crippen molar-refractivity contribution < 1.29 is 33.0 Å². The molecule has 0 radical (unpaired) electrons. The fourth-order valence-corrected chi connectivity index (χ4v) is 4.90. The molecule has 0 bridgehead atoms. The summed E-state index contributed by atoms with van der Waals surface area (Å²) in [7, 11) is 1.19. The van der Waals surface area contributed by atoms with E-state index in [9.17, 15) is 14.4 Å². The second kappa shape index (κ2) is 12.1. The molecule has 2 heterocycles. The first-order valence-electron chi connectivity index (χ1n) is 13.2. The molecule has 1 N–H and O–H groups in total. The van der Waals surface area contributed by atoms with E-state index < -0.39 is 18.2 Å². The average Bonchev–Trinajstić information content (AvgIpc) is 3.01. The maximum atomic E-state index is 13.6. The number of methoxy groups -OCH3 is 1. The summed E-state index contributed by atoms with van der Waals surface area (Å²) in [6.45, 7) is 5.13. The normalized spacial score (nSPS) is 14.8. The van der Waals surface area contributed by atoms with Crippen molar-refractivity contribution in [3.05, 3.63) is 129 Å². The Morgan fingerprint density at radius 2 is 1.43 bits per heavy atom. The molecule has 1 atom stereocenters. The smallest absolute Gasteiger partial charge is 0.455 e. The van der Waals surface area contributed by atoms with Gasteiger partial charge in [0.15, 0.2) is 5.43 Å². The van der Waals surface area contributed by atoms with E-state index in [2.05, 4.69) is 5.32 Å². The van der Waals surface area contributed by atoms with Gasteiger partial charge in [-0.3, -0.25) is 4.79 Å². The number of fused-ring (bicyclic) bond motifs is 1. The highest BCUT2D eigenvalue weighted by Crippen LogP contribution is 2.42. The summed E-state index contributed by atoms with van der Waals surface area (Å²) in [6.07, 6.45) is -1.93. The molecule has 9 nitrogen and oxygen atoms in total. The van der Waals surface area contributed by atoms with Gasteiger partial charge in [0.05, 0.1) is 23.9 Å². The largest absolute Gasteiger partial charge is 0.513 e. The molecular formula is C33H29NO8. The Morgan fingerprint density at radius 3 is 2.07 bits per heavy atom. The van der Waals surface area contributed by atoms with Crippen molar-refractivity contribution in [2.45, 2.75) is 33.3 Å². The van der Waals surface area contributed by atoms with E-state index in [0.29, 0.717) is 33.7 Å². The molecule has 0 saturated heterocycles. The quantitative estimate of drug-likeness (QED) is 0.245. The van der Waals surface area contributed by atoms with Crippen LogP contribution >= 0.6 is 0 Å². The summed E-state index contributed by atoms with van der Waals surface area (Å²) in [6, 6.07) is 23.5. The van der Waals surface area contributed by atoms with E-state index in [-0.39, 0.29) is 29.1 Å². The van der Waals surface area contributed by atoms with Gasteiger partial charge in [0.1, 0.15) is 35.4 Å². The predicted octanol–water partition coefficient (Wildman–Crippen LogP) is 7.05. The van der Waals surface area contributed by atoms with Crippen LogP contribution in [0.25, 0.3) is 22.3 Å². The van der Waals surface area contributed by atoms with Crippen LogP contribution in [0.1, 0.15) is 36.5 Å². The first kappa shape index (κ1) is 28.2. The third-order valence-electron chi connectivity index (χ3n) is 6.91. The van der Waals surface area contributed by atoms with Crippen LogP contribution in [0, 0.1) is 6.92 Å². The summed E-state index contributed by atoms with van der Waals surface area (Å²) in [5.41, 5.74) is 3.37. The number of allylic oxidation sites excluding steroid dienone is 2. The molecule has 1 unspecified atom stereocenters. The number of ether oxygens (including phenoxy) is 4. The molecule has 1 aromatic heterocycles. The summed E-state index contributed by atoms with van der Waals surface area (Å²) in [5, 5.41) is 3.42. The van der Waals surface area contributed by atoms with Crippen molar-refractivity contribution in [3.63, 3.8) is 0 Å². The highest BCUT2D eigenvalue weighted by atomic mass is 16.7. The number of para-hydroxylation sites is 1. The molecule has 9 heteroatoms. The number of carbonyl (C=O) groups is 2. The van der Waals surface area contributed by atoms with Crippen LogP contribution in [0.15, 0.2) is 111 Å². The molecular weight excluding hydrogens is 538 g/mol. The van der Waals surface area contributed by atoms with Gasteiger partial charge in [-0.25, -0.2) is 9.59 Å². The topological polar surface area (TPSA) is 113 Å². The monoisotopic (exact) mass is 567 g/mol. The molecule has 0 saturated carbocycles. The Labute approximate surface area is 242 Å². The fourth-order valence-electron chi connectivity index (χ4n) is 4.90. The number of hydrogen-bond donors (Lipinski definition) is 1. The van der Waals surface area contributed by atoms with Crippen LogP contribution in [0.3, 0.4) is 0 Å². The molecule has 42 heavy (non-hydrogen) atoms. The van der Waals surface area contributed by atoms with Crippen molar-refractivity contribution in [3.8, 4) is 11.3 Å². The maximum Gasteiger partial charge on any atom is 0.513 e. The van der Waals surface area contributed by atoms with Crippen LogP contribution < -0.4 is 10.7 Å². The zero-order chi connectivity index (χ0) is 29.8. The molecule has 5 rings (SSSR count). The number of nitrogens with one attached hydrogen (secondary N) is 1. The van der Waals surface area contributed by atoms with Gasteiger partial charge in [-0.05, 0) is 32.4 Å². The van der Waals surface area contributed by atoms with Gasteiger partial charge in [-0.15, -0.1) is 0 Å². The van der Waals surface area contributed by atoms with Crippen molar-refractivity contribution in [1.29, 1.82) is 0 Å². The Hall–Kier alpha value is -5.31. The lowest BCUT2D eigenvalue weighted by Gasteiger charge is -2.30. The number of rotatable bonds is 6. The molecule has 214 valence electrons. The predicted molar refractivity (Wildman–Crippen MR) is 155 cm³/mol. The highest BCUT2D eigenvalue weighted by molar-refractivity contribution is 5.84. The summed E-state index contributed by atoms with van der Waals surface area (Å²) in [5.74, 6) is -0.367. The number of hydrogen-bond acceptors (Lipinski definition) is 9. The number of carbonyl (C=O) groups excluding carboxylic acids is 2. The Balaban J connectivity index is 1.64. The van der Waals surface area contributed by atoms with Gasteiger partial charge >= 0.3 is 12.3 Å². The average molecular weight is 568 g/mol. The lowest BCUT2D eigenvalue weighted by atomic mass is 9.89. The third-order valence-corrected chi connectivity index (χ3v) is 6.91. The third kappa shape index (κ3) is 5.62. The second-order valence-corrected chi connectivity index (χ2v) is 9.69. The molecule has 0 amide bonds. The maximum absolute atomic E-state index is 13.6. The van der Waals surface area contributed by atoms with E-state index in [1.165, 1.54) is 7.11 Å². The number of dihydropyridines is 1. The van der Waals surface area contributed by atoms with E-state index in [1.54, 1.807) is 39.0 Å². The standard InChI is InChI=1S/C33H29NO8/c1-19-27(35)25-17-11-16-24(31(25)40-28(19)23-14-9-6-10-15-23)26-29(41-32(36)38-4)20(2)34-21(3)30(26)42-33(37)39-18-22-12-7-5-8-13-22/h5-17,26,34H,18H2,1-4H3. The van der Waals surface area contributed by atoms with Gasteiger partial charge in [0.2, 0.25) is 0 Å². The minimum atomic E-state index is -0.979. The van der Waals surface area contributed by atoms with Gasteiger partial charge in [-0.1, -0.05) is 72.8 Å². The first-order valence-corrected chi connectivity index (χ1v) is 13.2. The van der Waals surface area contributed by atoms with Crippen molar-refractivity contribution in [2.24, 2.45) is 0 Å².